The molecule has 2 N–H and O–H groups in total. The summed E-state index contributed by atoms with van der Waals surface area (Å²) in [6.07, 6.45) is 4.27. The molecule has 0 radical (unpaired) electrons. The molecule has 0 bridgehead atoms. The summed E-state index contributed by atoms with van der Waals surface area (Å²) in [5.74, 6) is 23.2. The Hall–Kier alpha value is -1.84. The zero-order valence-electron chi connectivity index (χ0n) is 13.1. The highest BCUT2D eigenvalue weighted by molar-refractivity contribution is 5.28. The summed E-state index contributed by atoms with van der Waals surface area (Å²) in [6, 6.07) is 0. The summed E-state index contributed by atoms with van der Waals surface area (Å²) >= 11 is 0. The molecule has 0 spiro atoms. The lowest BCUT2D eigenvalue weighted by atomic mass is 9.86. The Kier molecular flexibility index (Phi) is 12.0. The highest BCUT2D eigenvalue weighted by Gasteiger charge is 2.14. The van der Waals surface area contributed by atoms with Crippen LogP contribution in [0.15, 0.2) is 0 Å². The Labute approximate surface area is 129 Å². The molecule has 0 saturated carbocycles. The van der Waals surface area contributed by atoms with E-state index in [-0.39, 0.29) is 18.6 Å². The van der Waals surface area contributed by atoms with Gasteiger partial charge >= 0.3 is 0 Å². The third kappa shape index (κ3) is 14.4. The molecule has 0 aromatic heterocycles. The van der Waals surface area contributed by atoms with E-state index in [1.54, 1.807) is 0 Å². The minimum absolute atomic E-state index is 0.0273. The monoisotopic (exact) mass is 284 g/mol. The maximum absolute atomic E-state index is 8.60. The molecule has 0 aliphatic rings. The van der Waals surface area contributed by atoms with E-state index < -0.39 is 0 Å². The van der Waals surface area contributed by atoms with Gasteiger partial charge in [0.2, 0.25) is 0 Å². The van der Waals surface area contributed by atoms with Gasteiger partial charge in [-0.15, -0.1) is 0 Å². The zero-order valence-corrected chi connectivity index (χ0v) is 13.1. The molecule has 0 amide bonds. The van der Waals surface area contributed by atoms with Gasteiger partial charge in [-0.25, -0.2) is 0 Å². The highest BCUT2D eigenvalue weighted by Crippen LogP contribution is 2.23. The van der Waals surface area contributed by atoms with Crippen molar-refractivity contribution < 1.29 is 10.2 Å². The second-order valence-electron chi connectivity index (χ2n) is 5.38. The number of aliphatic hydroxyl groups is 2. The first-order chi connectivity index (χ1) is 10.1. The molecule has 0 aromatic rings. The summed E-state index contributed by atoms with van der Waals surface area (Å²) in [5.41, 5.74) is 0.0273. The fraction of sp³-hybridized carbons (Fsp3) is 0.579. The van der Waals surface area contributed by atoms with E-state index in [1.807, 2.05) is 0 Å². The van der Waals surface area contributed by atoms with Gasteiger partial charge in [-0.1, -0.05) is 37.5 Å². The Morgan fingerprint density at radius 3 is 1.43 bits per heavy atom. The molecule has 0 unspecified atom stereocenters. The summed E-state index contributed by atoms with van der Waals surface area (Å²) in [4.78, 5) is 0. The molecule has 0 atom stereocenters. The van der Waals surface area contributed by atoms with Crippen LogP contribution in [0.25, 0.3) is 0 Å². The van der Waals surface area contributed by atoms with Crippen LogP contribution in [0, 0.1) is 52.8 Å². The van der Waals surface area contributed by atoms with Crippen LogP contribution in [-0.4, -0.2) is 23.4 Å². The molecule has 112 valence electrons. The molecule has 0 aromatic carbocycles. The van der Waals surface area contributed by atoms with Gasteiger partial charge in [-0.05, 0) is 41.9 Å². The molecule has 21 heavy (non-hydrogen) atoms. The Balaban J connectivity index is 4.07. The summed E-state index contributed by atoms with van der Waals surface area (Å²) in [5, 5.41) is 17.2. The SMILES string of the molecule is CC(C)(CC#CC#CCCCO)CC#CC#CCCCO. The van der Waals surface area contributed by atoms with Crippen molar-refractivity contribution >= 4 is 0 Å². The van der Waals surface area contributed by atoms with Crippen molar-refractivity contribution in [2.45, 2.75) is 52.4 Å². The third-order valence-electron chi connectivity index (χ3n) is 2.53. The fourth-order valence-electron chi connectivity index (χ4n) is 1.27. The van der Waals surface area contributed by atoms with Crippen LogP contribution in [0.5, 0.6) is 0 Å². The fourth-order valence-corrected chi connectivity index (χ4v) is 1.27. The van der Waals surface area contributed by atoms with Gasteiger partial charge in [0.1, 0.15) is 0 Å². The van der Waals surface area contributed by atoms with E-state index in [2.05, 4.69) is 61.2 Å². The lowest BCUT2D eigenvalue weighted by Crippen LogP contribution is -2.08. The minimum atomic E-state index is 0.0273. The van der Waals surface area contributed by atoms with Gasteiger partial charge in [0.25, 0.3) is 0 Å². The predicted octanol–water partition coefficient (Wildman–Crippen LogP) is 2.35. The van der Waals surface area contributed by atoms with E-state index >= 15 is 0 Å². The van der Waals surface area contributed by atoms with Crippen molar-refractivity contribution in [2.24, 2.45) is 5.41 Å². The topological polar surface area (TPSA) is 40.5 Å². The Morgan fingerprint density at radius 2 is 1.05 bits per heavy atom. The van der Waals surface area contributed by atoms with Crippen molar-refractivity contribution in [1.29, 1.82) is 0 Å². The largest absolute Gasteiger partial charge is 0.396 e. The molecular weight excluding hydrogens is 260 g/mol. The second-order valence-corrected chi connectivity index (χ2v) is 5.38. The van der Waals surface area contributed by atoms with Crippen molar-refractivity contribution in [3.8, 4) is 47.4 Å². The van der Waals surface area contributed by atoms with E-state index in [0.717, 1.165) is 12.8 Å². The average Bonchev–Trinajstić information content (AvgIpc) is 2.45. The standard InChI is InChI=1S/C19H24O2/c1-19(2,15-11-7-3-5-9-13-17-20)16-12-8-4-6-10-14-18-21/h20-21H,9-10,13-18H2,1-2H3. The van der Waals surface area contributed by atoms with Gasteiger partial charge < -0.3 is 10.2 Å². The summed E-state index contributed by atoms with van der Waals surface area (Å²) < 4.78 is 0. The number of aliphatic hydroxyl groups excluding tert-OH is 2. The maximum atomic E-state index is 8.60. The summed E-state index contributed by atoms with van der Waals surface area (Å²) in [7, 11) is 0. The number of rotatable bonds is 6. The quantitative estimate of drug-likeness (QED) is 0.580. The zero-order chi connectivity index (χ0) is 15.8. The van der Waals surface area contributed by atoms with Crippen molar-refractivity contribution in [2.75, 3.05) is 13.2 Å². The number of hydrogen-bond donors (Lipinski definition) is 2. The normalized spacial score (nSPS) is 8.95. The maximum Gasteiger partial charge on any atom is 0.0440 e. The molecule has 0 saturated heterocycles. The first kappa shape index (κ1) is 19.2. The first-order valence-corrected chi connectivity index (χ1v) is 7.25. The van der Waals surface area contributed by atoms with Crippen molar-refractivity contribution in [1.82, 2.24) is 0 Å². The number of hydrogen-bond acceptors (Lipinski definition) is 2. The molecule has 0 rings (SSSR count). The van der Waals surface area contributed by atoms with Gasteiger partial charge in [0, 0.05) is 38.9 Å². The van der Waals surface area contributed by atoms with E-state index in [4.69, 9.17) is 10.2 Å². The number of unbranched alkanes of at least 4 members (excludes halogenated alkanes) is 2. The Bertz CT molecular complexity index is 465. The van der Waals surface area contributed by atoms with Crippen molar-refractivity contribution in [3.05, 3.63) is 0 Å². The molecular formula is C19H24O2. The molecule has 2 nitrogen and oxygen atoms in total. The van der Waals surface area contributed by atoms with Gasteiger partial charge in [-0.3, -0.25) is 0 Å². The van der Waals surface area contributed by atoms with Gasteiger partial charge in [0.15, 0.2) is 0 Å². The van der Waals surface area contributed by atoms with Crippen LogP contribution in [0.1, 0.15) is 52.4 Å². The van der Waals surface area contributed by atoms with Gasteiger partial charge in [0.05, 0.1) is 0 Å². The van der Waals surface area contributed by atoms with Crippen LogP contribution in [0.2, 0.25) is 0 Å². The van der Waals surface area contributed by atoms with Crippen LogP contribution in [-0.2, 0) is 0 Å². The smallest absolute Gasteiger partial charge is 0.0440 e. The van der Waals surface area contributed by atoms with Crippen molar-refractivity contribution in [3.63, 3.8) is 0 Å². The van der Waals surface area contributed by atoms with Crippen LogP contribution < -0.4 is 0 Å². The third-order valence-corrected chi connectivity index (χ3v) is 2.53. The first-order valence-electron chi connectivity index (χ1n) is 7.25. The molecule has 0 heterocycles. The van der Waals surface area contributed by atoms with E-state index in [9.17, 15) is 0 Å². The lowest BCUT2D eigenvalue weighted by Gasteiger charge is -2.17. The van der Waals surface area contributed by atoms with E-state index in [0.29, 0.717) is 25.7 Å². The minimum Gasteiger partial charge on any atom is -0.396 e. The van der Waals surface area contributed by atoms with Gasteiger partial charge in [-0.2, -0.15) is 0 Å². The predicted molar refractivity (Wildman–Crippen MR) is 86.8 cm³/mol. The second kappa shape index (κ2) is 13.2. The average molecular weight is 284 g/mol. The Morgan fingerprint density at radius 1 is 0.667 bits per heavy atom. The van der Waals surface area contributed by atoms with Crippen LogP contribution >= 0.6 is 0 Å². The molecule has 0 aliphatic heterocycles. The lowest BCUT2D eigenvalue weighted by molar-refractivity contribution is 0.290. The molecule has 0 aliphatic carbocycles. The highest BCUT2D eigenvalue weighted by atomic mass is 16.3. The van der Waals surface area contributed by atoms with Crippen LogP contribution in [0.4, 0.5) is 0 Å². The molecule has 2 heteroatoms. The molecule has 0 fully saturated rings. The van der Waals surface area contributed by atoms with Crippen LogP contribution in [0.3, 0.4) is 0 Å². The van der Waals surface area contributed by atoms with E-state index in [1.165, 1.54) is 0 Å². The summed E-state index contributed by atoms with van der Waals surface area (Å²) in [6.45, 7) is 4.59.